The zero-order chi connectivity index (χ0) is 19.5. The lowest BCUT2D eigenvalue weighted by atomic mass is 9.95. The van der Waals surface area contributed by atoms with Gasteiger partial charge in [-0.3, -0.25) is 4.79 Å². The number of hydrogen-bond acceptors (Lipinski definition) is 6. The molecule has 1 aromatic carbocycles. The molecule has 2 aliphatic heterocycles. The van der Waals surface area contributed by atoms with Crippen LogP contribution in [0.1, 0.15) is 36.6 Å². The van der Waals surface area contributed by atoms with Crippen LogP contribution in [0.5, 0.6) is 0 Å². The van der Waals surface area contributed by atoms with Crippen molar-refractivity contribution >= 4 is 11.9 Å². The summed E-state index contributed by atoms with van der Waals surface area (Å²) in [5.74, 6) is 0.523. The molecule has 8 heteroatoms. The maximum absolute atomic E-state index is 13.4. The molecule has 148 valence electrons. The predicted molar refractivity (Wildman–Crippen MR) is 104 cm³/mol. The second-order valence-corrected chi connectivity index (χ2v) is 7.45. The van der Waals surface area contributed by atoms with Crippen molar-refractivity contribution < 1.29 is 9.18 Å². The van der Waals surface area contributed by atoms with Crippen LogP contribution in [0.4, 0.5) is 10.3 Å². The fraction of sp³-hybridized carbons (Fsp3) is 0.450. The van der Waals surface area contributed by atoms with Crippen molar-refractivity contribution in [1.29, 1.82) is 0 Å². The lowest BCUT2D eigenvalue weighted by molar-refractivity contribution is -0.126. The largest absolute Gasteiger partial charge is 0.341 e. The summed E-state index contributed by atoms with van der Waals surface area (Å²) in [5.41, 5.74) is 8.05. The Balaban J connectivity index is 1.27. The van der Waals surface area contributed by atoms with Crippen molar-refractivity contribution in [3.8, 4) is 0 Å². The highest BCUT2D eigenvalue weighted by Crippen LogP contribution is 2.24. The van der Waals surface area contributed by atoms with Gasteiger partial charge in [-0.1, -0.05) is 12.1 Å². The number of piperidine rings is 1. The molecule has 0 spiro atoms. The van der Waals surface area contributed by atoms with E-state index in [9.17, 15) is 9.18 Å². The summed E-state index contributed by atoms with van der Waals surface area (Å²) in [6.45, 7) is 3.48. The van der Waals surface area contributed by atoms with Crippen molar-refractivity contribution in [3.63, 3.8) is 0 Å². The molecule has 28 heavy (non-hydrogen) atoms. The summed E-state index contributed by atoms with van der Waals surface area (Å²) in [5, 5.41) is 3.07. The maximum Gasteiger partial charge on any atom is 0.225 e. The molecular formula is C20H25FN6O. The standard InChI is InChI=1S/C20H25FN6O/c1-13-5-8-22-20(23-13)27-9-6-14(7-10-27)19(28)24-18-12-17(25-26-18)15-3-2-4-16(21)11-15/h2-5,8,11,14,17-18,25-26H,6-7,9-10,12H2,1H3,(H,24,28). The van der Waals surface area contributed by atoms with E-state index in [0.29, 0.717) is 6.42 Å². The van der Waals surface area contributed by atoms with Crippen molar-refractivity contribution in [2.75, 3.05) is 18.0 Å². The fourth-order valence-electron chi connectivity index (χ4n) is 3.81. The third-order valence-corrected chi connectivity index (χ3v) is 5.40. The Bertz CT molecular complexity index is 839. The Labute approximate surface area is 163 Å². The smallest absolute Gasteiger partial charge is 0.225 e. The van der Waals surface area contributed by atoms with Gasteiger partial charge in [0.2, 0.25) is 11.9 Å². The predicted octanol–water partition coefficient (Wildman–Crippen LogP) is 1.82. The molecule has 4 rings (SSSR count). The van der Waals surface area contributed by atoms with Gasteiger partial charge in [-0.15, -0.1) is 0 Å². The van der Waals surface area contributed by atoms with Gasteiger partial charge in [-0.2, -0.15) is 0 Å². The third kappa shape index (κ3) is 4.28. The Morgan fingerprint density at radius 2 is 2.07 bits per heavy atom. The zero-order valence-electron chi connectivity index (χ0n) is 15.9. The van der Waals surface area contributed by atoms with Gasteiger partial charge in [0.05, 0.1) is 6.17 Å². The van der Waals surface area contributed by atoms with Crippen LogP contribution < -0.4 is 21.1 Å². The van der Waals surface area contributed by atoms with Crippen molar-refractivity contribution in [2.24, 2.45) is 5.92 Å². The van der Waals surface area contributed by atoms with Crippen LogP contribution in [-0.2, 0) is 4.79 Å². The number of benzene rings is 1. The number of aromatic nitrogens is 2. The molecule has 1 amide bonds. The van der Waals surface area contributed by atoms with E-state index in [2.05, 4.69) is 31.0 Å². The van der Waals surface area contributed by atoms with Crippen LogP contribution in [0.25, 0.3) is 0 Å². The van der Waals surface area contributed by atoms with Crippen LogP contribution in [0, 0.1) is 18.7 Å². The first-order valence-electron chi connectivity index (χ1n) is 9.70. The van der Waals surface area contributed by atoms with Gasteiger partial charge < -0.3 is 10.2 Å². The van der Waals surface area contributed by atoms with Crippen molar-refractivity contribution in [1.82, 2.24) is 26.1 Å². The minimum Gasteiger partial charge on any atom is -0.341 e. The number of nitrogens with one attached hydrogen (secondary N) is 3. The normalized spacial score (nSPS) is 23.0. The van der Waals surface area contributed by atoms with Gasteiger partial charge in [0, 0.05) is 43.4 Å². The van der Waals surface area contributed by atoms with E-state index in [4.69, 9.17) is 0 Å². The number of nitrogens with zero attached hydrogens (tertiary/aromatic N) is 3. The summed E-state index contributed by atoms with van der Waals surface area (Å²) in [6, 6.07) is 8.39. The summed E-state index contributed by atoms with van der Waals surface area (Å²) in [7, 11) is 0. The van der Waals surface area contributed by atoms with Crippen LogP contribution >= 0.6 is 0 Å². The van der Waals surface area contributed by atoms with E-state index < -0.39 is 0 Å². The van der Waals surface area contributed by atoms with Crippen LogP contribution in [0.15, 0.2) is 36.5 Å². The average Bonchev–Trinajstić information content (AvgIpc) is 3.17. The van der Waals surface area contributed by atoms with Gasteiger partial charge >= 0.3 is 0 Å². The number of amides is 1. The molecule has 7 nitrogen and oxygen atoms in total. The summed E-state index contributed by atoms with van der Waals surface area (Å²) >= 11 is 0. The van der Waals surface area contributed by atoms with Crippen LogP contribution in [-0.4, -0.2) is 35.1 Å². The van der Waals surface area contributed by atoms with Gasteiger partial charge in [0.1, 0.15) is 5.82 Å². The lowest BCUT2D eigenvalue weighted by Crippen LogP contribution is -2.48. The second-order valence-electron chi connectivity index (χ2n) is 7.45. The quantitative estimate of drug-likeness (QED) is 0.746. The molecule has 0 aliphatic carbocycles. The number of anilines is 1. The van der Waals surface area contributed by atoms with E-state index in [0.717, 1.165) is 43.1 Å². The molecule has 0 radical (unpaired) electrons. The number of hydrazine groups is 1. The van der Waals surface area contributed by atoms with E-state index in [1.807, 2.05) is 19.1 Å². The number of halogens is 1. The number of rotatable bonds is 4. The molecule has 2 aliphatic rings. The number of carbonyl (C=O) groups excluding carboxylic acids is 1. The Morgan fingerprint density at radius 1 is 1.25 bits per heavy atom. The van der Waals surface area contributed by atoms with E-state index >= 15 is 0 Å². The molecule has 0 saturated carbocycles. The zero-order valence-corrected chi connectivity index (χ0v) is 15.9. The van der Waals surface area contributed by atoms with Gasteiger partial charge in [0.25, 0.3) is 0 Å². The van der Waals surface area contributed by atoms with Crippen LogP contribution in [0.3, 0.4) is 0 Å². The number of hydrogen-bond donors (Lipinski definition) is 3. The monoisotopic (exact) mass is 384 g/mol. The molecule has 2 aromatic rings. The Kier molecular flexibility index (Phi) is 5.50. The lowest BCUT2D eigenvalue weighted by Gasteiger charge is -2.31. The molecule has 2 fully saturated rings. The summed E-state index contributed by atoms with van der Waals surface area (Å²) in [6.07, 6.45) is 3.82. The van der Waals surface area contributed by atoms with Crippen molar-refractivity contribution in [2.45, 2.75) is 38.4 Å². The van der Waals surface area contributed by atoms with Gasteiger partial charge in [0.15, 0.2) is 0 Å². The first kappa shape index (κ1) is 18.8. The maximum atomic E-state index is 13.4. The first-order chi connectivity index (χ1) is 13.6. The Hall–Kier alpha value is -2.58. The first-order valence-corrected chi connectivity index (χ1v) is 9.70. The van der Waals surface area contributed by atoms with Crippen LogP contribution in [0.2, 0.25) is 0 Å². The van der Waals surface area contributed by atoms with Crippen molar-refractivity contribution in [3.05, 3.63) is 53.6 Å². The molecule has 2 atom stereocenters. The molecule has 3 heterocycles. The highest BCUT2D eigenvalue weighted by atomic mass is 19.1. The molecule has 2 unspecified atom stereocenters. The highest BCUT2D eigenvalue weighted by molar-refractivity contribution is 5.79. The van der Waals surface area contributed by atoms with E-state index in [1.165, 1.54) is 12.1 Å². The molecule has 3 N–H and O–H groups in total. The molecule has 1 aromatic heterocycles. The molecular weight excluding hydrogens is 359 g/mol. The minimum absolute atomic E-state index is 0.0175. The number of aryl methyl sites for hydroxylation is 1. The molecule has 2 saturated heterocycles. The van der Waals surface area contributed by atoms with Gasteiger partial charge in [-0.25, -0.2) is 25.2 Å². The second kappa shape index (κ2) is 8.20. The molecule has 0 bridgehead atoms. The topological polar surface area (TPSA) is 82.2 Å². The third-order valence-electron chi connectivity index (χ3n) is 5.40. The van der Waals surface area contributed by atoms with Gasteiger partial charge in [-0.05, 0) is 43.5 Å². The summed E-state index contributed by atoms with van der Waals surface area (Å²) < 4.78 is 13.4. The summed E-state index contributed by atoms with van der Waals surface area (Å²) in [4.78, 5) is 23.6. The van der Waals surface area contributed by atoms with E-state index in [-0.39, 0.29) is 29.8 Å². The van der Waals surface area contributed by atoms with E-state index in [1.54, 1.807) is 12.3 Å². The highest BCUT2D eigenvalue weighted by Gasteiger charge is 2.31. The SMILES string of the molecule is Cc1ccnc(N2CCC(C(=O)NC3CC(c4cccc(F)c4)NN3)CC2)n1. The Morgan fingerprint density at radius 3 is 2.82 bits per heavy atom. The fourth-order valence-corrected chi connectivity index (χ4v) is 3.81. The minimum atomic E-state index is -0.254. The average molecular weight is 384 g/mol. The number of carbonyl (C=O) groups is 1.